The number of halogens is 1. The largest absolute Gasteiger partial charge is 0.396 e. The third-order valence-corrected chi connectivity index (χ3v) is 2.41. The molecule has 1 heterocycles. The van der Waals surface area contributed by atoms with Crippen LogP contribution in [-0.4, -0.2) is 35.3 Å². The number of aliphatic hydroxyl groups excluding tert-OH is 1. The second kappa shape index (κ2) is 5.32. The molecule has 6 heteroatoms. The minimum absolute atomic E-state index is 0.0988. The number of rotatable bonds is 5. The number of anilines is 2. The van der Waals surface area contributed by atoms with Gasteiger partial charge in [0.1, 0.15) is 5.02 Å². The van der Waals surface area contributed by atoms with Crippen LogP contribution < -0.4 is 10.6 Å². The summed E-state index contributed by atoms with van der Waals surface area (Å²) in [6.45, 7) is 4.59. The monoisotopic (exact) mass is 244 g/mol. The Balaban J connectivity index is 2.73. The average Bonchev–Trinajstić information content (AvgIpc) is 2.28. The summed E-state index contributed by atoms with van der Waals surface area (Å²) in [5, 5.41) is 15.5. The molecule has 0 atom stereocenters. The van der Waals surface area contributed by atoms with Gasteiger partial charge in [0.05, 0.1) is 6.20 Å². The summed E-state index contributed by atoms with van der Waals surface area (Å²) < 4.78 is 0. The molecule has 0 amide bonds. The molecule has 0 aliphatic heterocycles. The minimum atomic E-state index is -0.214. The first-order valence-corrected chi connectivity index (χ1v) is 5.41. The molecular weight excluding hydrogens is 228 g/mol. The van der Waals surface area contributed by atoms with Gasteiger partial charge in [0.15, 0.2) is 5.82 Å². The number of hydrogen-bond acceptors (Lipinski definition) is 5. The lowest BCUT2D eigenvalue weighted by Gasteiger charge is -2.22. The Hall–Kier alpha value is -1.07. The van der Waals surface area contributed by atoms with Gasteiger partial charge in [0.2, 0.25) is 5.95 Å². The van der Waals surface area contributed by atoms with Gasteiger partial charge >= 0.3 is 0 Å². The Morgan fingerprint density at radius 2 is 2.19 bits per heavy atom. The lowest BCUT2D eigenvalue weighted by molar-refractivity contribution is 0.170. The molecule has 0 bridgehead atoms. The summed E-state index contributed by atoms with van der Waals surface area (Å²) in [6, 6.07) is 0. The van der Waals surface area contributed by atoms with Gasteiger partial charge in [-0.05, 0) is 0 Å². The van der Waals surface area contributed by atoms with Crippen LogP contribution in [0.3, 0.4) is 0 Å². The first kappa shape index (κ1) is 13.0. The maximum atomic E-state index is 9.12. The normalized spacial score (nSPS) is 11.3. The van der Waals surface area contributed by atoms with Crippen molar-refractivity contribution in [3.05, 3.63) is 11.2 Å². The second-order valence-corrected chi connectivity index (χ2v) is 4.72. The van der Waals surface area contributed by atoms with E-state index >= 15 is 0 Å². The molecule has 5 nitrogen and oxygen atoms in total. The lowest BCUT2D eigenvalue weighted by atomic mass is 9.95. The number of hydrogen-bond donors (Lipinski definition) is 3. The Morgan fingerprint density at radius 3 is 2.75 bits per heavy atom. The van der Waals surface area contributed by atoms with E-state index in [0.717, 1.165) is 0 Å². The molecule has 0 saturated carbocycles. The number of nitrogens with one attached hydrogen (secondary N) is 2. The number of aromatic nitrogens is 2. The zero-order valence-electron chi connectivity index (χ0n) is 9.71. The van der Waals surface area contributed by atoms with Gasteiger partial charge in [-0.15, -0.1) is 0 Å². The maximum Gasteiger partial charge on any atom is 0.224 e. The van der Waals surface area contributed by atoms with Crippen molar-refractivity contribution < 1.29 is 5.11 Å². The van der Waals surface area contributed by atoms with Crippen molar-refractivity contribution in [2.45, 2.75) is 13.8 Å². The third kappa shape index (κ3) is 3.50. The second-order valence-electron chi connectivity index (χ2n) is 4.32. The molecule has 0 aliphatic rings. The maximum absolute atomic E-state index is 9.12. The highest BCUT2D eigenvalue weighted by Gasteiger charge is 2.17. The predicted molar refractivity (Wildman–Crippen MR) is 65.9 cm³/mol. The van der Waals surface area contributed by atoms with E-state index in [1.54, 1.807) is 7.05 Å². The van der Waals surface area contributed by atoms with Crippen molar-refractivity contribution in [2.75, 3.05) is 30.8 Å². The summed E-state index contributed by atoms with van der Waals surface area (Å²) in [5.74, 6) is 1.08. The van der Waals surface area contributed by atoms with E-state index < -0.39 is 0 Å². The Labute approximate surface area is 100 Å². The molecule has 0 unspecified atom stereocenters. The van der Waals surface area contributed by atoms with E-state index in [1.807, 2.05) is 13.8 Å². The topological polar surface area (TPSA) is 70.1 Å². The van der Waals surface area contributed by atoms with E-state index in [4.69, 9.17) is 16.7 Å². The van der Waals surface area contributed by atoms with Crippen LogP contribution in [0.15, 0.2) is 6.20 Å². The van der Waals surface area contributed by atoms with Crippen LogP contribution in [0.1, 0.15) is 13.8 Å². The third-order valence-electron chi connectivity index (χ3n) is 2.13. The molecule has 1 rings (SSSR count). The first-order chi connectivity index (χ1) is 7.48. The SMILES string of the molecule is CNc1ncc(Cl)c(NCC(C)(C)CO)n1. The highest BCUT2D eigenvalue weighted by molar-refractivity contribution is 6.32. The standard InChI is InChI=1S/C10H17ClN4O/c1-10(2,6-16)5-14-8-7(11)4-13-9(12-3)15-8/h4,16H,5-6H2,1-3H3,(H2,12,13,14,15). The van der Waals surface area contributed by atoms with Gasteiger partial charge in [0, 0.05) is 25.6 Å². The van der Waals surface area contributed by atoms with Crippen LogP contribution in [0.5, 0.6) is 0 Å². The summed E-state index contributed by atoms with van der Waals surface area (Å²) in [6.07, 6.45) is 1.54. The van der Waals surface area contributed by atoms with Crippen LogP contribution >= 0.6 is 11.6 Å². The molecule has 0 aromatic carbocycles. The van der Waals surface area contributed by atoms with E-state index in [1.165, 1.54) is 6.20 Å². The van der Waals surface area contributed by atoms with Gasteiger partial charge in [-0.1, -0.05) is 25.4 Å². The van der Waals surface area contributed by atoms with Crippen molar-refractivity contribution in [2.24, 2.45) is 5.41 Å². The fourth-order valence-corrected chi connectivity index (χ4v) is 1.15. The first-order valence-electron chi connectivity index (χ1n) is 5.03. The lowest BCUT2D eigenvalue weighted by Crippen LogP contribution is -2.27. The molecule has 16 heavy (non-hydrogen) atoms. The smallest absolute Gasteiger partial charge is 0.224 e. The molecule has 0 saturated heterocycles. The molecule has 0 radical (unpaired) electrons. The van der Waals surface area contributed by atoms with Gasteiger partial charge in [-0.25, -0.2) is 4.98 Å². The van der Waals surface area contributed by atoms with Crippen LogP contribution in [0.4, 0.5) is 11.8 Å². The fraction of sp³-hybridized carbons (Fsp3) is 0.600. The van der Waals surface area contributed by atoms with Gasteiger partial charge in [0.25, 0.3) is 0 Å². The van der Waals surface area contributed by atoms with Crippen LogP contribution in [0.2, 0.25) is 5.02 Å². The zero-order chi connectivity index (χ0) is 12.2. The minimum Gasteiger partial charge on any atom is -0.396 e. The summed E-state index contributed by atoms with van der Waals surface area (Å²) in [5.41, 5.74) is -0.214. The summed E-state index contributed by atoms with van der Waals surface area (Å²) in [4.78, 5) is 8.16. The summed E-state index contributed by atoms with van der Waals surface area (Å²) >= 11 is 5.95. The van der Waals surface area contributed by atoms with Crippen LogP contribution in [0.25, 0.3) is 0 Å². The number of aliphatic hydroxyl groups is 1. The van der Waals surface area contributed by atoms with Gasteiger partial charge < -0.3 is 15.7 Å². The Morgan fingerprint density at radius 1 is 1.50 bits per heavy atom. The molecule has 1 aromatic rings. The average molecular weight is 245 g/mol. The van der Waals surface area contributed by atoms with E-state index in [0.29, 0.717) is 23.3 Å². The number of nitrogens with zero attached hydrogens (tertiary/aromatic N) is 2. The zero-order valence-corrected chi connectivity index (χ0v) is 10.5. The summed E-state index contributed by atoms with van der Waals surface area (Å²) in [7, 11) is 1.74. The molecule has 0 spiro atoms. The van der Waals surface area contributed by atoms with Crippen molar-refractivity contribution in [3.8, 4) is 0 Å². The van der Waals surface area contributed by atoms with Gasteiger partial charge in [-0.3, -0.25) is 0 Å². The quantitative estimate of drug-likeness (QED) is 0.734. The molecular formula is C10H17ClN4O. The molecule has 0 aliphatic carbocycles. The van der Waals surface area contributed by atoms with E-state index in [9.17, 15) is 0 Å². The van der Waals surface area contributed by atoms with E-state index in [-0.39, 0.29) is 12.0 Å². The predicted octanol–water partition coefficient (Wildman–Crippen LogP) is 1.60. The molecule has 3 N–H and O–H groups in total. The Kier molecular flexibility index (Phi) is 4.32. The molecule has 90 valence electrons. The van der Waals surface area contributed by atoms with E-state index in [2.05, 4.69) is 20.6 Å². The van der Waals surface area contributed by atoms with Crippen molar-refractivity contribution in [1.29, 1.82) is 0 Å². The van der Waals surface area contributed by atoms with Crippen LogP contribution in [0, 0.1) is 5.41 Å². The fourth-order valence-electron chi connectivity index (χ4n) is 0.990. The molecule has 1 aromatic heterocycles. The van der Waals surface area contributed by atoms with Crippen molar-refractivity contribution >= 4 is 23.4 Å². The van der Waals surface area contributed by atoms with Crippen molar-refractivity contribution in [1.82, 2.24) is 9.97 Å². The van der Waals surface area contributed by atoms with Crippen molar-refractivity contribution in [3.63, 3.8) is 0 Å². The Bertz CT molecular complexity index is 357. The van der Waals surface area contributed by atoms with Gasteiger partial charge in [-0.2, -0.15) is 4.98 Å². The van der Waals surface area contributed by atoms with Crippen LogP contribution in [-0.2, 0) is 0 Å². The highest BCUT2D eigenvalue weighted by atomic mass is 35.5. The molecule has 0 fully saturated rings. The highest BCUT2D eigenvalue weighted by Crippen LogP contribution is 2.21.